The maximum absolute atomic E-state index is 14.0. The third-order valence-electron chi connectivity index (χ3n) is 5.73. The second-order valence-electron chi connectivity index (χ2n) is 9.02. The minimum atomic E-state index is -3.95. The molecule has 0 saturated heterocycles. The fourth-order valence-corrected chi connectivity index (χ4v) is 5.11. The van der Waals surface area contributed by atoms with Crippen LogP contribution in [0.25, 0.3) is 0 Å². The highest BCUT2D eigenvalue weighted by Gasteiger charge is 2.28. The second-order valence-corrected chi connectivity index (χ2v) is 10.9. The summed E-state index contributed by atoms with van der Waals surface area (Å²) in [7, 11) is 2.13. The molecule has 0 atom stereocenters. The van der Waals surface area contributed by atoms with Gasteiger partial charge in [0.05, 0.1) is 45.6 Å². The number of methoxy groups -OCH3 is 4. The summed E-state index contributed by atoms with van der Waals surface area (Å²) in [6.45, 7) is 6.35. The first-order chi connectivity index (χ1) is 16.5. The van der Waals surface area contributed by atoms with Crippen LogP contribution in [0.3, 0.4) is 0 Å². The molecular formula is C27H33NO6S. The molecule has 0 aliphatic heterocycles. The van der Waals surface area contributed by atoms with Gasteiger partial charge in [-0.2, -0.15) is 0 Å². The number of hydrogen-bond acceptors (Lipinski definition) is 6. The van der Waals surface area contributed by atoms with Crippen molar-refractivity contribution in [2.24, 2.45) is 0 Å². The summed E-state index contributed by atoms with van der Waals surface area (Å²) in [4.78, 5) is 0.188. The summed E-state index contributed by atoms with van der Waals surface area (Å²) < 4.78 is 50.9. The highest BCUT2D eigenvalue weighted by Crippen LogP contribution is 2.42. The van der Waals surface area contributed by atoms with Crippen LogP contribution >= 0.6 is 0 Å². The predicted molar refractivity (Wildman–Crippen MR) is 138 cm³/mol. The minimum Gasteiger partial charge on any atom is -0.497 e. The van der Waals surface area contributed by atoms with Gasteiger partial charge in [-0.05, 0) is 40.8 Å². The number of nitrogens with zero attached hydrogens (tertiary/aromatic N) is 1. The van der Waals surface area contributed by atoms with Crippen molar-refractivity contribution in [2.75, 3.05) is 32.7 Å². The van der Waals surface area contributed by atoms with E-state index in [0.717, 1.165) is 11.1 Å². The van der Waals surface area contributed by atoms with E-state index in [4.69, 9.17) is 18.9 Å². The van der Waals surface area contributed by atoms with Gasteiger partial charge >= 0.3 is 0 Å². The van der Waals surface area contributed by atoms with Crippen LogP contribution in [0.15, 0.2) is 65.6 Å². The molecule has 8 heteroatoms. The molecule has 0 bridgehead atoms. The van der Waals surface area contributed by atoms with Crippen molar-refractivity contribution in [1.82, 2.24) is 0 Å². The average molecular weight is 500 g/mol. The van der Waals surface area contributed by atoms with Gasteiger partial charge in [0, 0.05) is 12.1 Å². The molecule has 35 heavy (non-hydrogen) atoms. The topological polar surface area (TPSA) is 74.3 Å². The van der Waals surface area contributed by atoms with Crippen molar-refractivity contribution in [1.29, 1.82) is 0 Å². The second kappa shape index (κ2) is 10.5. The van der Waals surface area contributed by atoms with Gasteiger partial charge in [-0.25, -0.2) is 8.42 Å². The van der Waals surface area contributed by atoms with Crippen molar-refractivity contribution >= 4 is 15.7 Å². The first kappa shape index (κ1) is 26.2. The maximum Gasteiger partial charge on any atom is 0.264 e. The van der Waals surface area contributed by atoms with E-state index in [1.807, 2.05) is 24.3 Å². The molecule has 0 aliphatic rings. The van der Waals surface area contributed by atoms with E-state index >= 15 is 0 Å². The van der Waals surface area contributed by atoms with E-state index in [0.29, 0.717) is 28.7 Å². The lowest BCUT2D eigenvalue weighted by Gasteiger charge is -2.27. The number of ether oxygens (including phenoxy) is 4. The highest BCUT2D eigenvalue weighted by atomic mass is 32.2. The van der Waals surface area contributed by atoms with E-state index in [-0.39, 0.29) is 16.9 Å². The normalized spacial score (nSPS) is 11.6. The maximum atomic E-state index is 14.0. The van der Waals surface area contributed by atoms with Crippen LogP contribution < -0.4 is 23.3 Å². The smallest absolute Gasteiger partial charge is 0.264 e. The standard InChI is InChI=1S/C27H33NO6S/c1-27(2,3)20-10-14-23(15-11-20)35(29,30)28(18-19-8-12-22(31-4)13-9-19)21-16-24(32-5)26(34-7)25(17-21)33-6/h8-17H,18H2,1-7H3. The van der Waals surface area contributed by atoms with Crippen LogP contribution in [-0.4, -0.2) is 36.9 Å². The van der Waals surface area contributed by atoms with Gasteiger partial charge in [-0.15, -0.1) is 0 Å². The third kappa shape index (κ3) is 5.65. The van der Waals surface area contributed by atoms with Gasteiger partial charge in [0.1, 0.15) is 5.75 Å². The summed E-state index contributed by atoms with van der Waals surface area (Å²) in [6.07, 6.45) is 0. The Morgan fingerprint density at radius 2 is 1.29 bits per heavy atom. The molecular weight excluding hydrogens is 466 g/mol. The quantitative estimate of drug-likeness (QED) is 0.392. The Morgan fingerprint density at radius 3 is 1.71 bits per heavy atom. The van der Waals surface area contributed by atoms with Crippen molar-refractivity contribution < 1.29 is 27.4 Å². The molecule has 0 amide bonds. The molecule has 0 aromatic heterocycles. The Morgan fingerprint density at radius 1 is 0.743 bits per heavy atom. The summed E-state index contributed by atoms with van der Waals surface area (Å²) in [6, 6.07) is 17.5. The molecule has 0 saturated carbocycles. The fourth-order valence-electron chi connectivity index (χ4n) is 3.68. The van der Waals surface area contributed by atoms with Gasteiger partial charge in [0.2, 0.25) is 5.75 Å². The zero-order chi connectivity index (χ0) is 25.8. The monoisotopic (exact) mass is 499 g/mol. The van der Waals surface area contributed by atoms with E-state index < -0.39 is 10.0 Å². The van der Waals surface area contributed by atoms with Crippen LogP contribution in [0.4, 0.5) is 5.69 Å². The zero-order valence-electron chi connectivity index (χ0n) is 21.3. The van der Waals surface area contributed by atoms with Gasteiger partial charge in [0.15, 0.2) is 11.5 Å². The first-order valence-corrected chi connectivity index (χ1v) is 12.6. The molecule has 0 spiro atoms. The summed E-state index contributed by atoms with van der Waals surface area (Å²) in [5.41, 5.74) is 2.12. The predicted octanol–water partition coefficient (Wildman–Crippen LogP) is 5.41. The molecule has 0 heterocycles. The Kier molecular flexibility index (Phi) is 7.85. The van der Waals surface area contributed by atoms with Crippen LogP contribution in [0.5, 0.6) is 23.0 Å². The third-order valence-corrected chi connectivity index (χ3v) is 7.52. The van der Waals surface area contributed by atoms with Crippen molar-refractivity contribution in [3.8, 4) is 23.0 Å². The molecule has 0 aliphatic carbocycles. The highest BCUT2D eigenvalue weighted by molar-refractivity contribution is 7.92. The Balaban J connectivity index is 2.16. The number of sulfonamides is 1. The number of hydrogen-bond donors (Lipinski definition) is 0. The zero-order valence-corrected chi connectivity index (χ0v) is 22.1. The van der Waals surface area contributed by atoms with Crippen LogP contribution in [0.1, 0.15) is 31.9 Å². The Hall–Kier alpha value is -3.39. The summed E-state index contributed by atoms with van der Waals surface area (Å²) >= 11 is 0. The molecule has 3 aromatic rings. The summed E-state index contributed by atoms with van der Waals surface area (Å²) in [5, 5.41) is 0. The molecule has 0 fully saturated rings. The Labute approximate surface area is 208 Å². The largest absolute Gasteiger partial charge is 0.497 e. The van der Waals surface area contributed by atoms with Crippen LogP contribution in [0, 0.1) is 0 Å². The van der Waals surface area contributed by atoms with E-state index in [2.05, 4.69) is 20.8 Å². The van der Waals surface area contributed by atoms with E-state index in [9.17, 15) is 8.42 Å². The first-order valence-electron chi connectivity index (χ1n) is 11.1. The molecule has 3 rings (SSSR count). The van der Waals surface area contributed by atoms with Gasteiger partial charge in [0.25, 0.3) is 10.0 Å². The lowest BCUT2D eigenvalue weighted by Crippen LogP contribution is -2.30. The molecule has 3 aromatic carbocycles. The lowest BCUT2D eigenvalue weighted by molar-refractivity contribution is 0.324. The number of anilines is 1. The van der Waals surface area contributed by atoms with Crippen LogP contribution in [0.2, 0.25) is 0 Å². The van der Waals surface area contributed by atoms with Gasteiger partial charge < -0.3 is 18.9 Å². The minimum absolute atomic E-state index is 0.0893. The molecule has 0 unspecified atom stereocenters. The number of rotatable bonds is 9. The van der Waals surface area contributed by atoms with E-state index in [1.165, 1.54) is 25.6 Å². The van der Waals surface area contributed by atoms with Gasteiger partial charge in [-0.1, -0.05) is 45.0 Å². The fraction of sp³-hybridized carbons (Fsp3) is 0.333. The average Bonchev–Trinajstić information content (AvgIpc) is 2.86. The molecule has 7 nitrogen and oxygen atoms in total. The SMILES string of the molecule is COc1ccc(CN(c2cc(OC)c(OC)c(OC)c2)S(=O)(=O)c2ccc(C(C)(C)C)cc2)cc1. The van der Waals surface area contributed by atoms with Gasteiger partial charge in [-0.3, -0.25) is 4.31 Å². The van der Waals surface area contributed by atoms with E-state index in [1.54, 1.807) is 43.5 Å². The number of benzene rings is 3. The van der Waals surface area contributed by atoms with Crippen LogP contribution in [-0.2, 0) is 22.0 Å². The molecule has 0 N–H and O–H groups in total. The van der Waals surface area contributed by atoms with Crippen molar-refractivity contribution in [3.05, 3.63) is 71.8 Å². The summed E-state index contributed by atoms with van der Waals surface area (Å²) in [5.74, 6) is 1.79. The van der Waals surface area contributed by atoms with Crippen molar-refractivity contribution in [2.45, 2.75) is 37.6 Å². The lowest BCUT2D eigenvalue weighted by atomic mass is 9.87. The van der Waals surface area contributed by atoms with Crippen molar-refractivity contribution in [3.63, 3.8) is 0 Å². The molecule has 0 radical (unpaired) electrons. The molecule has 188 valence electrons. The Bertz CT molecular complexity index is 1220.